The summed E-state index contributed by atoms with van der Waals surface area (Å²) >= 11 is 1.36. The number of hydrogen-bond donors (Lipinski definition) is 2. The van der Waals surface area contributed by atoms with E-state index in [1.54, 1.807) is 0 Å². The molecule has 0 aromatic carbocycles. The summed E-state index contributed by atoms with van der Waals surface area (Å²) in [7, 11) is 0. The minimum absolute atomic E-state index is 0. The van der Waals surface area contributed by atoms with E-state index in [1.165, 1.54) is 11.3 Å². The summed E-state index contributed by atoms with van der Waals surface area (Å²) in [6, 6.07) is 0.208. The molecule has 0 saturated carbocycles. The van der Waals surface area contributed by atoms with Crippen molar-refractivity contribution >= 4 is 53.1 Å². The van der Waals surface area contributed by atoms with Crippen LogP contribution in [0.5, 0.6) is 0 Å². The first-order valence-corrected chi connectivity index (χ1v) is 8.41. The van der Waals surface area contributed by atoms with Gasteiger partial charge in [-0.05, 0) is 6.92 Å². The van der Waals surface area contributed by atoms with Crippen molar-refractivity contribution in [3.05, 3.63) is 11.1 Å². The van der Waals surface area contributed by atoms with Crippen LogP contribution >= 0.6 is 36.2 Å². The van der Waals surface area contributed by atoms with Gasteiger partial charge in [-0.25, -0.2) is 4.98 Å². The molecule has 2 N–H and O–H groups in total. The molecule has 0 bridgehead atoms. The van der Waals surface area contributed by atoms with E-state index in [0.29, 0.717) is 10.8 Å². The van der Waals surface area contributed by atoms with Gasteiger partial charge in [-0.1, -0.05) is 20.8 Å². The van der Waals surface area contributed by atoms with E-state index in [2.05, 4.69) is 15.6 Å². The molecule has 1 saturated heterocycles. The predicted molar refractivity (Wildman–Crippen MR) is 102 cm³/mol. The number of nitrogens with zero attached hydrogens (tertiary/aromatic N) is 2. The van der Waals surface area contributed by atoms with Gasteiger partial charge in [0.1, 0.15) is 0 Å². The Morgan fingerprint density at radius 1 is 1.42 bits per heavy atom. The van der Waals surface area contributed by atoms with Crippen LogP contribution in [0.1, 0.15) is 33.4 Å². The van der Waals surface area contributed by atoms with Crippen LogP contribution in [-0.4, -0.2) is 47.4 Å². The smallest absolute Gasteiger partial charge is 0.231 e. The quantitative estimate of drug-likeness (QED) is 0.821. The lowest BCUT2D eigenvalue weighted by Crippen LogP contribution is -2.52. The Bertz CT molecular complexity index is 560. The largest absolute Gasteiger partial charge is 0.337 e. The zero-order valence-electron chi connectivity index (χ0n) is 14.4. The molecule has 138 valence electrons. The number of anilines is 1. The van der Waals surface area contributed by atoms with Gasteiger partial charge in [0.15, 0.2) is 5.13 Å². The predicted octanol–water partition coefficient (Wildman–Crippen LogP) is 2.33. The SMILES string of the molecule is C[C@@H]1CNCCN1C(=O)Cc1csc(NC(=O)C(C)(C)C)n1.Cl.Cl. The monoisotopic (exact) mass is 396 g/mol. The third-order valence-corrected chi connectivity index (χ3v) is 4.41. The minimum Gasteiger partial charge on any atom is -0.337 e. The molecule has 0 spiro atoms. The first-order valence-electron chi connectivity index (χ1n) is 7.53. The summed E-state index contributed by atoms with van der Waals surface area (Å²) in [5.74, 6) is 0.0171. The van der Waals surface area contributed by atoms with Gasteiger partial charge in [-0.3, -0.25) is 9.59 Å². The average Bonchev–Trinajstić information content (AvgIpc) is 2.85. The van der Waals surface area contributed by atoms with E-state index in [4.69, 9.17) is 0 Å². The topological polar surface area (TPSA) is 74.3 Å². The highest BCUT2D eigenvalue weighted by Gasteiger charge is 2.25. The Morgan fingerprint density at radius 2 is 2.08 bits per heavy atom. The standard InChI is InChI=1S/C15H24N4O2S.2ClH/c1-10-8-16-5-6-19(10)12(20)7-11-9-22-14(17-11)18-13(21)15(2,3)4;;/h9-10,16H,5-8H2,1-4H3,(H,17,18,21);2*1H/t10-;;/m1../s1. The van der Waals surface area contributed by atoms with Gasteiger partial charge in [0.2, 0.25) is 11.8 Å². The number of nitrogens with one attached hydrogen (secondary N) is 2. The van der Waals surface area contributed by atoms with Gasteiger partial charge < -0.3 is 15.5 Å². The molecule has 2 heterocycles. The average molecular weight is 397 g/mol. The number of carbonyl (C=O) groups is 2. The number of amides is 2. The van der Waals surface area contributed by atoms with Gasteiger partial charge in [-0.15, -0.1) is 36.2 Å². The van der Waals surface area contributed by atoms with Crippen LogP contribution in [0.15, 0.2) is 5.38 Å². The Morgan fingerprint density at radius 3 is 2.67 bits per heavy atom. The Labute approximate surface area is 159 Å². The van der Waals surface area contributed by atoms with Crippen molar-refractivity contribution in [2.24, 2.45) is 5.41 Å². The van der Waals surface area contributed by atoms with Crippen molar-refractivity contribution in [2.45, 2.75) is 40.2 Å². The molecule has 6 nitrogen and oxygen atoms in total. The van der Waals surface area contributed by atoms with E-state index in [-0.39, 0.29) is 49.1 Å². The van der Waals surface area contributed by atoms with E-state index in [9.17, 15) is 9.59 Å². The molecule has 24 heavy (non-hydrogen) atoms. The van der Waals surface area contributed by atoms with E-state index < -0.39 is 5.41 Å². The maximum absolute atomic E-state index is 12.3. The fraction of sp³-hybridized carbons (Fsp3) is 0.667. The highest BCUT2D eigenvalue weighted by atomic mass is 35.5. The molecule has 1 aliphatic rings. The second-order valence-corrected chi connectivity index (χ2v) is 7.52. The summed E-state index contributed by atoms with van der Waals surface area (Å²) in [6.45, 7) is 10.00. The van der Waals surface area contributed by atoms with Crippen LogP contribution in [-0.2, 0) is 16.0 Å². The molecule has 2 rings (SSSR count). The van der Waals surface area contributed by atoms with E-state index in [0.717, 1.165) is 19.6 Å². The Kier molecular flexibility index (Phi) is 9.20. The van der Waals surface area contributed by atoms with Gasteiger partial charge >= 0.3 is 0 Å². The zero-order chi connectivity index (χ0) is 16.3. The normalized spacial score (nSPS) is 17.5. The molecule has 1 fully saturated rings. The molecule has 0 aliphatic carbocycles. The number of halogens is 2. The number of thiazole rings is 1. The minimum atomic E-state index is -0.460. The van der Waals surface area contributed by atoms with Crippen molar-refractivity contribution in [3.8, 4) is 0 Å². The van der Waals surface area contributed by atoms with Crippen LogP contribution in [0.25, 0.3) is 0 Å². The fourth-order valence-electron chi connectivity index (χ4n) is 2.20. The van der Waals surface area contributed by atoms with Crippen LogP contribution in [0.2, 0.25) is 0 Å². The second kappa shape index (κ2) is 9.56. The molecule has 1 atom stereocenters. The molecule has 0 radical (unpaired) electrons. The first-order chi connectivity index (χ1) is 10.3. The zero-order valence-corrected chi connectivity index (χ0v) is 16.9. The van der Waals surface area contributed by atoms with Gasteiger partial charge in [0, 0.05) is 36.5 Å². The van der Waals surface area contributed by atoms with Crippen LogP contribution in [0.4, 0.5) is 5.13 Å². The van der Waals surface area contributed by atoms with Crippen molar-refractivity contribution in [1.29, 1.82) is 0 Å². The van der Waals surface area contributed by atoms with Crippen LogP contribution in [0, 0.1) is 5.41 Å². The molecule has 0 unspecified atom stereocenters. The molecular weight excluding hydrogens is 371 g/mol. The van der Waals surface area contributed by atoms with Gasteiger partial charge in [-0.2, -0.15) is 0 Å². The summed E-state index contributed by atoms with van der Waals surface area (Å²) in [6.07, 6.45) is 0.284. The Balaban J connectivity index is 0.00000264. The number of aromatic nitrogens is 1. The summed E-state index contributed by atoms with van der Waals surface area (Å²) in [5, 5.41) is 8.45. The van der Waals surface area contributed by atoms with Crippen LogP contribution in [0.3, 0.4) is 0 Å². The van der Waals surface area contributed by atoms with Crippen molar-refractivity contribution < 1.29 is 9.59 Å². The molecule has 1 aromatic rings. The molecule has 2 amide bonds. The number of carbonyl (C=O) groups excluding carboxylic acids is 2. The first kappa shape index (κ1) is 23.1. The summed E-state index contributed by atoms with van der Waals surface area (Å²) < 4.78 is 0. The van der Waals surface area contributed by atoms with Gasteiger partial charge in [0.25, 0.3) is 0 Å². The number of hydrogen-bond acceptors (Lipinski definition) is 5. The maximum atomic E-state index is 12.3. The second-order valence-electron chi connectivity index (χ2n) is 6.67. The molecule has 9 heteroatoms. The lowest BCUT2D eigenvalue weighted by Gasteiger charge is -2.33. The fourth-order valence-corrected chi connectivity index (χ4v) is 2.90. The maximum Gasteiger partial charge on any atom is 0.231 e. The molecular formula is C15H26Cl2N4O2S. The number of rotatable bonds is 3. The highest BCUT2D eigenvalue weighted by molar-refractivity contribution is 7.13. The Hall–Kier alpha value is -0.890. The molecule has 1 aromatic heterocycles. The highest BCUT2D eigenvalue weighted by Crippen LogP contribution is 2.21. The number of piperazine rings is 1. The molecule has 1 aliphatic heterocycles. The van der Waals surface area contributed by atoms with Crippen LogP contribution < -0.4 is 10.6 Å². The van der Waals surface area contributed by atoms with E-state index in [1.807, 2.05) is 38.0 Å². The van der Waals surface area contributed by atoms with E-state index >= 15 is 0 Å². The van der Waals surface area contributed by atoms with Crippen molar-refractivity contribution in [3.63, 3.8) is 0 Å². The third-order valence-electron chi connectivity index (χ3n) is 3.61. The lowest BCUT2D eigenvalue weighted by molar-refractivity contribution is -0.133. The van der Waals surface area contributed by atoms with Crippen molar-refractivity contribution in [2.75, 3.05) is 25.0 Å². The summed E-state index contributed by atoms with van der Waals surface area (Å²) in [5.41, 5.74) is 0.252. The summed E-state index contributed by atoms with van der Waals surface area (Å²) in [4.78, 5) is 30.5. The lowest BCUT2D eigenvalue weighted by atomic mass is 9.96. The van der Waals surface area contributed by atoms with Gasteiger partial charge in [0.05, 0.1) is 12.1 Å². The third kappa shape index (κ3) is 6.20. The van der Waals surface area contributed by atoms with Crippen molar-refractivity contribution in [1.82, 2.24) is 15.2 Å².